The molecule has 0 spiro atoms. The van der Waals surface area contributed by atoms with Crippen molar-refractivity contribution in [2.75, 3.05) is 0 Å². The lowest BCUT2D eigenvalue weighted by molar-refractivity contribution is -0.305. The number of hydrogen-bond acceptors (Lipinski definition) is 8. The SMILES string of the molecule is CCCCCCCCCCCC(=O)[O-].O=C([O-])c1ccccc1.O=C([O-])c1ccccc1C(=O)[O-]. The average molecular weight is 485 g/mol. The highest BCUT2D eigenvalue weighted by Gasteiger charge is 2.01. The summed E-state index contributed by atoms with van der Waals surface area (Å²) in [5, 5.41) is 40.8. The van der Waals surface area contributed by atoms with Crippen LogP contribution in [0.2, 0.25) is 0 Å². The van der Waals surface area contributed by atoms with Crippen LogP contribution in [0.25, 0.3) is 0 Å². The van der Waals surface area contributed by atoms with E-state index >= 15 is 0 Å². The van der Waals surface area contributed by atoms with Gasteiger partial charge in [0.15, 0.2) is 0 Å². The molecule has 0 saturated carbocycles. The van der Waals surface area contributed by atoms with Crippen molar-refractivity contribution in [2.24, 2.45) is 0 Å². The van der Waals surface area contributed by atoms with Gasteiger partial charge in [0.25, 0.3) is 0 Å². The number of hydrogen-bond donors (Lipinski definition) is 0. The Labute approximate surface area is 206 Å². The van der Waals surface area contributed by atoms with E-state index in [1.165, 1.54) is 69.2 Å². The monoisotopic (exact) mass is 484 g/mol. The molecule has 0 atom stereocenters. The number of carbonyl (C=O) groups is 4. The Morgan fingerprint density at radius 3 is 1.29 bits per heavy atom. The fraction of sp³-hybridized carbons (Fsp3) is 0.407. The van der Waals surface area contributed by atoms with Crippen LogP contribution in [0.1, 0.15) is 102 Å². The molecule has 0 radical (unpaired) electrons. The number of rotatable bonds is 13. The van der Waals surface area contributed by atoms with Crippen molar-refractivity contribution in [2.45, 2.75) is 71.1 Å². The molecule has 35 heavy (non-hydrogen) atoms. The lowest BCUT2D eigenvalue weighted by atomic mass is 10.1. The Balaban J connectivity index is 0.000000506. The topological polar surface area (TPSA) is 161 Å². The summed E-state index contributed by atoms with van der Waals surface area (Å²) >= 11 is 0. The summed E-state index contributed by atoms with van der Waals surface area (Å²) in [6.45, 7) is 2.22. The number of aromatic carboxylic acids is 3. The number of carboxylic acid groups (broad SMARTS) is 4. The number of carboxylic acids is 4. The summed E-state index contributed by atoms with van der Waals surface area (Å²) in [7, 11) is 0. The van der Waals surface area contributed by atoms with Gasteiger partial charge in [-0.25, -0.2) is 0 Å². The second-order valence-corrected chi connectivity index (χ2v) is 7.72. The summed E-state index contributed by atoms with van der Waals surface area (Å²) in [6.07, 6.45) is 11.2. The van der Waals surface area contributed by atoms with Gasteiger partial charge in [0, 0.05) is 17.1 Å². The largest absolute Gasteiger partial charge is 0.550 e. The highest BCUT2D eigenvalue weighted by Crippen LogP contribution is 2.10. The molecule has 8 nitrogen and oxygen atoms in total. The van der Waals surface area contributed by atoms with Crippen molar-refractivity contribution >= 4 is 23.9 Å². The van der Waals surface area contributed by atoms with E-state index < -0.39 is 23.9 Å². The van der Waals surface area contributed by atoms with Crippen LogP contribution in [0.4, 0.5) is 0 Å². The van der Waals surface area contributed by atoms with E-state index in [0.717, 1.165) is 25.0 Å². The number of carbonyl (C=O) groups excluding carboxylic acids is 4. The molecule has 0 amide bonds. The molecule has 0 unspecified atom stereocenters. The van der Waals surface area contributed by atoms with Crippen LogP contribution in [-0.2, 0) is 4.79 Å². The molecule has 0 N–H and O–H groups in total. The second kappa shape index (κ2) is 19.8. The Kier molecular flexibility index (Phi) is 17.7. The highest BCUT2D eigenvalue weighted by molar-refractivity contribution is 5.99. The summed E-state index contributed by atoms with van der Waals surface area (Å²) < 4.78 is 0. The van der Waals surface area contributed by atoms with Crippen LogP contribution in [0.15, 0.2) is 54.6 Å². The fourth-order valence-corrected chi connectivity index (χ4v) is 2.99. The van der Waals surface area contributed by atoms with Crippen molar-refractivity contribution in [3.63, 3.8) is 0 Å². The van der Waals surface area contributed by atoms with Crippen LogP contribution >= 0.6 is 0 Å². The maximum absolute atomic E-state index is 10.3. The van der Waals surface area contributed by atoms with Crippen molar-refractivity contribution < 1.29 is 39.6 Å². The van der Waals surface area contributed by atoms with E-state index in [-0.39, 0.29) is 23.1 Å². The third-order valence-corrected chi connectivity index (χ3v) is 4.86. The number of unbranched alkanes of at least 4 members (excludes halogenated alkanes) is 8. The third kappa shape index (κ3) is 16.6. The maximum atomic E-state index is 10.3. The van der Waals surface area contributed by atoms with E-state index in [4.69, 9.17) is 0 Å². The first-order chi connectivity index (χ1) is 16.7. The summed E-state index contributed by atoms with van der Waals surface area (Å²) in [4.78, 5) is 40.8. The van der Waals surface area contributed by atoms with Gasteiger partial charge in [0.1, 0.15) is 0 Å². The predicted molar refractivity (Wildman–Crippen MR) is 123 cm³/mol. The van der Waals surface area contributed by atoms with E-state index in [2.05, 4.69) is 6.92 Å². The van der Waals surface area contributed by atoms with Crippen LogP contribution < -0.4 is 20.4 Å². The molecule has 0 aliphatic heterocycles. The van der Waals surface area contributed by atoms with Gasteiger partial charge in [-0.1, -0.05) is 113 Å². The zero-order chi connectivity index (χ0) is 26.5. The summed E-state index contributed by atoms with van der Waals surface area (Å²) in [5.74, 6) is -5.08. The van der Waals surface area contributed by atoms with Crippen LogP contribution in [0, 0.1) is 0 Å². The zero-order valence-electron chi connectivity index (χ0n) is 20.0. The van der Waals surface area contributed by atoms with Crippen molar-refractivity contribution in [1.82, 2.24) is 0 Å². The Hall–Kier alpha value is -3.68. The molecule has 8 heteroatoms. The molecule has 0 saturated heterocycles. The first-order valence-electron chi connectivity index (χ1n) is 11.7. The molecular formula is C27H32O8-4. The first-order valence-corrected chi connectivity index (χ1v) is 11.7. The molecule has 0 aliphatic carbocycles. The fourth-order valence-electron chi connectivity index (χ4n) is 2.99. The number of benzene rings is 2. The lowest BCUT2D eigenvalue weighted by Gasteiger charge is -2.09. The summed E-state index contributed by atoms with van der Waals surface area (Å²) in [6, 6.07) is 13.2. The molecule has 2 aromatic rings. The van der Waals surface area contributed by atoms with E-state index in [1.807, 2.05) is 0 Å². The normalized spacial score (nSPS) is 9.63. The average Bonchev–Trinajstić information content (AvgIpc) is 2.84. The van der Waals surface area contributed by atoms with Crippen molar-refractivity contribution in [1.29, 1.82) is 0 Å². The van der Waals surface area contributed by atoms with E-state index in [1.54, 1.807) is 18.2 Å². The molecule has 2 rings (SSSR count). The van der Waals surface area contributed by atoms with Crippen LogP contribution in [0.3, 0.4) is 0 Å². The number of aliphatic carboxylic acids is 1. The van der Waals surface area contributed by atoms with Gasteiger partial charge in [-0.3, -0.25) is 0 Å². The smallest absolute Gasteiger partial charge is 0.0721 e. The Bertz CT molecular complexity index is 860. The lowest BCUT2D eigenvalue weighted by Crippen LogP contribution is -2.29. The standard InChI is InChI=1S/C12H24O2.C8H6O4.C7H6O2/c1-2-3-4-5-6-7-8-9-10-11-12(13)14;9-7(10)5-3-1-2-4-6(5)8(11)12;8-7(9)6-4-2-1-3-5-6/h2-11H2,1H3,(H,13,14);1-4H,(H,9,10)(H,11,12);1-5H,(H,8,9)/p-4. The molecular weight excluding hydrogens is 452 g/mol. The predicted octanol–water partition coefficient (Wildman–Crippen LogP) is 1.12. The van der Waals surface area contributed by atoms with Crippen molar-refractivity contribution in [3.05, 3.63) is 71.3 Å². The van der Waals surface area contributed by atoms with Gasteiger partial charge in [-0.05, 0) is 18.4 Å². The first kappa shape index (κ1) is 31.3. The zero-order valence-corrected chi connectivity index (χ0v) is 20.0. The van der Waals surface area contributed by atoms with Crippen LogP contribution in [0.5, 0.6) is 0 Å². The highest BCUT2D eigenvalue weighted by atomic mass is 16.4. The maximum Gasteiger partial charge on any atom is 0.0721 e. The van der Waals surface area contributed by atoms with Gasteiger partial charge in [-0.2, -0.15) is 0 Å². The molecule has 0 heterocycles. The molecule has 0 fully saturated rings. The minimum atomic E-state index is -1.52. The van der Waals surface area contributed by atoms with Gasteiger partial charge in [0.05, 0.1) is 17.9 Å². The molecule has 0 aliphatic rings. The van der Waals surface area contributed by atoms with E-state index in [9.17, 15) is 39.6 Å². The molecule has 0 bridgehead atoms. The van der Waals surface area contributed by atoms with Gasteiger partial charge in [-0.15, -0.1) is 0 Å². The van der Waals surface area contributed by atoms with Gasteiger partial charge in [0.2, 0.25) is 0 Å². The van der Waals surface area contributed by atoms with Gasteiger partial charge >= 0.3 is 0 Å². The van der Waals surface area contributed by atoms with E-state index in [0.29, 0.717) is 0 Å². The van der Waals surface area contributed by atoms with Crippen LogP contribution in [-0.4, -0.2) is 23.9 Å². The summed E-state index contributed by atoms with van der Waals surface area (Å²) in [5.41, 5.74) is -0.507. The minimum absolute atomic E-state index is 0.220. The Morgan fingerprint density at radius 2 is 0.943 bits per heavy atom. The minimum Gasteiger partial charge on any atom is -0.550 e. The third-order valence-electron chi connectivity index (χ3n) is 4.86. The van der Waals surface area contributed by atoms with Gasteiger partial charge < -0.3 is 39.6 Å². The Morgan fingerprint density at radius 1 is 0.543 bits per heavy atom. The quantitative estimate of drug-likeness (QED) is 0.382. The molecule has 0 aromatic heterocycles. The van der Waals surface area contributed by atoms with Crippen molar-refractivity contribution in [3.8, 4) is 0 Å². The molecule has 2 aromatic carbocycles. The molecule has 192 valence electrons. The second-order valence-electron chi connectivity index (χ2n) is 7.72.